The van der Waals surface area contributed by atoms with Crippen molar-refractivity contribution in [3.05, 3.63) is 67.3 Å². The Morgan fingerprint density at radius 1 is 1.10 bits per heavy atom. The Morgan fingerprint density at radius 2 is 1.86 bits per heavy atom. The van der Waals surface area contributed by atoms with Crippen molar-refractivity contribution < 1.29 is 9.84 Å². The lowest BCUT2D eigenvalue weighted by Gasteiger charge is -2.12. The number of aliphatic hydroxyl groups is 1. The topological polar surface area (TPSA) is 52.2 Å². The molecule has 0 aliphatic rings. The normalized spacial score (nSPS) is 12.2. The molecule has 0 aliphatic heterocycles. The molecule has 2 aromatic heterocycles. The molecular formula is C16H17N3O2. The predicted octanol–water partition coefficient (Wildman–Crippen LogP) is 2.11. The van der Waals surface area contributed by atoms with Crippen molar-refractivity contribution in [3.63, 3.8) is 0 Å². The van der Waals surface area contributed by atoms with Gasteiger partial charge in [0.1, 0.15) is 18.5 Å². The van der Waals surface area contributed by atoms with Crippen LogP contribution in [0.25, 0.3) is 5.69 Å². The number of hydrogen-bond donors (Lipinski definition) is 1. The highest BCUT2D eigenvalue weighted by Crippen LogP contribution is 2.10. The van der Waals surface area contributed by atoms with Gasteiger partial charge < -0.3 is 14.4 Å². The van der Waals surface area contributed by atoms with E-state index in [0.29, 0.717) is 6.54 Å². The molecule has 1 atom stereocenters. The SMILES string of the molecule is O[C@@H](COc1ccccc1)Cn1cc(-n2cccc2)cn1. The highest BCUT2D eigenvalue weighted by atomic mass is 16.5. The molecule has 3 aromatic rings. The molecule has 0 fully saturated rings. The van der Waals surface area contributed by atoms with Gasteiger partial charge in [-0.25, -0.2) is 0 Å². The van der Waals surface area contributed by atoms with E-state index in [2.05, 4.69) is 5.10 Å². The summed E-state index contributed by atoms with van der Waals surface area (Å²) in [4.78, 5) is 0. The van der Waals surface area contributed by atoms with Gasteiger partial charge in [0.25, 0.3) is 0 Å². The van der Waals surface area contributed by atoms with Crippen LogP contribution >= 0.6 is 0 Å². The van der Waals surface area contributed by atoms with Gasteiger partial charge >= 0.3 is 0 Å². The lowest BCUT2D eigenvalue weighted by Crippen LogP contribution is -2.23. The number of benzene rings is 1. The maximum atomic E-state index is 10.0. The average Bonchev–Trinajstić information content (AvgIpc) is 3.17. The third-order valence-corrected chi connectivity index (χ3v) is 3.11. The van der Waals surface area contributed by atoms with Gasteiger partial charge in [-0.15, -0.1) is 0 Å². The van der Waals surface area contributed by atoms with Crippen molar-refractivity contribution in [1.82, 2.24) is 14.3 Å². The first-order valence-corrected chi connectivity index (χ1v) is 6.83. The predicted molar refractivity (Wildman–Crippen MR) is 79.5 cm³/mol. The molecule has 2 heterocycles. The van der Waals surface area contributed by atoms with Crippen LogP contribution in [-0.4, -0.2) is 32.2 Å². The third kappa shape index (κ3) is 3.52. The second-order valence-corrected chi connectivity index (χ2v) is 4.79. The Hall–Kier alpha value is -2.53. The summed E-state index contributed by atoms with van der Waals surface area (Å²) in [6.07, 6.45) is 6.96. The lowest BCUT2D eigenvalue weighted by molar-refractivity contribution is 0.0893. The molecule has 0 saturated carbocycles. The fourth-order valence-electron chi connectivity index (χ4n) is 2.07. The lowest BCUT2D eigenvalue weighted by atomic mass is 10.3. The molecule has 0 bridgehead atoms. The number of hydrogen-bond acceptors (Lipinski definition) is 3. The molecule has 1 aromatic carbocycles. The molecule has 5 heteroatoms. The highest BCUT2D eigenvalue weighted by Gasteiger charge is 2.08. The number of para-hydroxylation sites is 1. The summed E-state index contributed by atoms with van der Waals surface area (Å²) < 4.78 is 9.21. The molecule has 3 rings (SSSR count). The number of aromatic nitrogens is 3. The summed E-state index contributed by atoms with van der Waals surface area (Å²) in [7, 11) is 0. The van der Waals surface area contributed by atoms with E-state index in [0.717, 1.165) is 11.4 Å². The fourth-order valence-corrected chi connectivity index (χ4v) is 2.07. The summed E-state index contributed by atoms with van der Waals surface area (Å²) in [5, 5.41) is 14.3. The van der Waals surface area contributed by atoms with Crippen LogP contribution in [0.4, 0.5) is 0 Å². The minimum absolute atomic E-state index is 0.239. The Bertz CT molecular complexity index is 662. The van der Waals surface area contributed by atoms with Gasteiger partial charge in [0.05, 0.1) is 18.4 Å². The molecule has 1 N–H and O–H groups in total. The Kier molecular flexibility index (Phi) is 4.02. The summed E-state index contributed by atoms with van der Waals surface area (Å²) in [5.41, 5.74) is 0.969. The molecule has 21 heavy (non-hydrogen) atoms. The molecule has 0 radical (unpaired) electrons. The molecule has 0 spiro atoms. The van der Waals surface area contributed by atoms with Crippen molar-refractivity contribution in [2.75, 3.05) is 6.61 Å². The third-order valence-electron chi connectivity index (χ3n) is 3.11. The van der Waals surface area contributed by atoms with Crippen LogP contribution in [-0.2, 0) is 6.54 Å². The first kappa shape index (κ1) is 13.5. The van der Waals surface area contributed by atoms with Gasteiger partial charge in [-0.1, -0.05) is 18.2 Å². The summed E-state index contributed by atoms with van der Waals surface area (Å²) >= 11 is 0. The zero-order valence-corrected chi connectivity index (χ0v) is 11.5. The molecule has 108 valence electrons. The standard InChI is InChI=1S/C16H17N3O2/c20-15(13-21-16-6-2-1-3-7-16)12-19-11-14(10-17-19)18-8-4-5-9-18/h1-11,15,20H,12-13H2/t15-/m1/s1. The van der Waals surface area contributed by atoms with Crippen LogP contribution in [0.2, 0.25) is 0 Å². The van der Waals surface area contributed by atoms with Gasteiger partial charge in [-0.05, 0) is 24.3 Å². The Labute approximate surface area is 123 Å². The van der Waals surface area contributed by atoms with Gasteiger partial charge in [0, 0.05) is 18.6 Å². The molecule has 0 saturated heterocycles. The fraction of sp³-hybridized carbons (Fsp3) is 0.188. The zero-order chi connectivity index (χ0) is 14.5. The summed E-state index contributed by atoms with van der Waals surface area (Å²) in [5.74, 6) is 0.755. The second kappa shape index (κ2) is 6.28. The molecule has 5 nitrogen and oxygen atoms in total. The molecule has 0 amide bonds. The second-order valence-electron chi connectivity index (χ2n) is 4.79. The first-order valence-electron chi connectivity index (χ1n) is 6.83. The number of aliphatic hydroxyl groups excluding tert-OH is 1. The molecule has 0 unspecified atom stereocenters. The quantitative estimate of drug-likeness (QED) is 0.754. The van der Waals surface area contributed by atoms with E-state index >= 15 is 0 Å². The van der Waals surface area contributed by atoms with Gasteiger partial charge in [0.2, 0.25) is 0 Å². The van der Waals surface area contributed by atoms with Crippen LogP contribution in [0.1, 0.15) is 0 Å². The number of rotatable bonds is 6. The van der Waals surface area contributed by atoms with Gasteiger partial charge in [-0.2, -0.15) is 5.10 Å². The van der Waals surface area contributed by atoms with E-state index in [1.54, 1.807) is 10.9 Å². The monoisotopic (exact) mass is 283 g/mol. The van der Waals surface area contributed by atoms with Crippen molar-refractivity contribution in [2.45, 2.75) is 12.6 Å². The van der Waals surface area contributed by atoms with Crippen molar-refractivity contribution in [3.8, 4) is 11.4 Å². The van der Waals surface area contributed by atoms with Gasteiger partial charge in [0.15, 0.2) is 0 Å². The summed E-state index contributed by atoms with van der Waals surface area (Å²) in [6.45, 7) is 0.636. The van der Waals surface area contributed by atoms with Crippen LogP contribution in [0, 0.1) is 0 Å². The highest BCUT2D eigenvalue weighted by molar-refractivity contribution is 5.26. The molecule has 0 aliphatic carbocycles. The smallest absolute Gasteiger partial charge is 0.119 e. The van der Waals surface area contributed by atoms with Crippen molar-refractivity contribution >= 4 is 0 Å². The van der Waals surface area contributed by atoms with Crippen LogP contribution in [0.15, 0.2) is 67.3 Å². The van der Waals surface area contributed by atoms with E-state index in [9.17, 15) is 5.11 Å². The van der Waals surface area contributed by atoms with Gasteiger partial charge in [-0.3, -0.25) is 4.68 Å². The van der Waals surface area contributed by atoms with E-state index in [4.69, 9.17) is 4.74 Å². The number of ether oxygens (including phenoxy) is 1. The van der Waals surface area contributed by atoms with E-state index in [-0.39, 0.29) is 6.61 Å². The largest absolute Gasteiger partial charge is 0.491 e. The van der Waals surface area contributed by atoms with E-state index < -0.39 is 6.10 Å². The Balaban J connectivity index is 1.54. The maximum absolute atomic E-state index is 10.0. The van der Waals surface area contributed by atoms with Crippen molar-refractivity contribution in [1.29, 1.82) is 0 Å². The first-order chi connectivity index (χ1) is 10.3. The minimum atomic E-state index is -0.609. The number of nitrogens with zero attached hydrogens (tertiary/aromatic N) is 3. The van der Waals surface area contributed by atoms with E-state index in [1.165, 1.54) is 0 Å². The Morgan fingerprint density at radius 3 is 2.62 bits per heavy atom. The van der Waals surface area contributed by atoms with Crippen LogP contribution < -0.4 is 4.74 Å². The van der Waals surface area contributed by atoms with E-state index in [1.807, 2.05) is 65.6 Å². The molecular weight excluding hydrogens is 266 g/mol. The average molecular weight is 283 g/mol. The minimum Gasteiger partial charge on any atom is -0.491 e. The maximum Gasteiger partial charge on any atom is 0.119 e. The van der Waals surface area contributed by atoms with Crippen LogP contribution in [0.3, 0.4) is 0 Å². The van der Waals surface area contributed by atoms with Crippen molar-refractivity contribution in [2.24, 2.45) is 0 Å². The summed E-state index contributed by atoms with van der Waals surface area (Å²) in [6, 6.07) is 13.4. The van der Waals surface area contributed by atoms with Crippen LogP contribution in [0.5, 0.6) is 5.75 Å². The zero-order valence-electron chi connectivity index (χ0n) is 11.5.